The van der Waals surface area contributed by atoms with Gasteiger partial charge in [0.1, 0.15) is 11.9 Å². The number of hydrogen-bond donors (Lipinski definition) is 2. The van der Waals surface area contributed by atoms with Crippen LogP contribution in [-0.4, -0.2) is 53.9 Å². The van der Waals surface area contributed by atoms with Crippen LogP contribution in [0.25, 0.3) is 11.1 Å². The summed E-state index contributed by atoms with van der Waals surface area (Å²) >= 11 is 6.17. The SMILES string of the molecule is CC(C)OC(=O)[C@@H]1CC2(CCN(c3cc(O[C@H](c4ccc(Cl)cc4-c4ccccc4)C(F)(F)F)nc(N)n3)CC2)CN1. The molecule has 0 amide bonds. The Bertz CT molecular complexity index is 1420. The van der Waals surface area contributed by atoms with E-state index < -0.39 is 12.3 Å². The maximum atomic E-state index is 14.5. The maximum Gasteiger partial charge on any atom is 0.429 e. The smallest absolute Gasteiger partial charge is 0.429 e. The summed E-state index contributed by atoms with van der Waals surface area (Å²) in [6.07, 6.45) is -5.07. The van der Waals surface area contributed by atoms with Gasteiger partial charge < -0.3 is 25.4 Å². The van der Waals surface area contributed by atoms with Crippen LogP contribution in [0.15, 0.2) is 54.6 Å². The molecule has 2 aromatic carbocycles. The molecular weight excluding hydrogens is 571 g/mol. The highest BCUT2D eigenvalue weighted by molar-refractivity contribution is 6.30. The highest BCUT2D eigenvalue weighted by atomic mass is 35.5. The molecule has 0 unspecified atom stereocenters. The Morgan fingerprint density at radius 3 is 2.50 bits per heavy atom. The minimum Gasteiger partial charge on any atom is -0.462 e. The number of alkyl halides is 3. The number of nitrogens with one attached hydrogen (secondary N) is 1. The number of nitrogens with zero attached hydrogens (tertiary/aromatic N) is 3. The molecule has 1 spiro atoms. The molecule has 2 aliphatic heterocycles. The van der Waals surface area contributed by atoms with E-state index in [9.17, 15) is 18.0 Å². The molecular formula is C30H33ClF3N5O3. The third kappa shape index (κ3) is 6.73. The van der Waals surface area contributed by atoms with Crippen molar-refractivity contribution in [3.05, 3.63) is 65.2 Å². The molecule has 42 heavy (non-hydrogen) atoms. The van der Waals surface area contributed by atoms with Gasteiger partial charge in [0.05, 0.1) is 6.10 Å². The van der Waals surface area contributed by atoms with E-state index in [-0.39, 0.29) is 40.9 Å². The standard InChI is InChI=1S/C30H33ClF3N5O3/c1-18(2)41-27(40)23-16-29(17-36-23)10-12-39(13-11-29)24-15-25(38-28(35)37-24)42-26(30(32,33)34)21-9-8-20(31)14-22(21)19-6-4-3-5-7-19/h3-9,14-15,18,23,26,36H,10-13,16-17H2,1-2H3,(H2,35,37,38)/t23-,26+/m0/s1. The number of anilines is 2. The Hall–Kier alpha value is -3.57. The van der Waals surface area contributed by atoms with Gasteiger partial charge in [-0.1, -0.05) is 48.0 Å². The molecule has 0 bridgehead atoms. The molecule has 8 nitrogen and oxygen atoms in total. The minimum absolute atomic E-state index is 0.0706. The first-order valence-corrected chi connectivity index (χ1v) is 14.2. The first kappa shape index (κ1) is 29.9. The average Bonchev–Trinajstić information content (AvgIpc) is 3.35. The van der Waals surface area contributed by atoms with Crippen molar-refractivity contribution in [3.63, 3.8) is 0 Å². The zero-order valence-electron chi connectivity index (χ0n) is 23.3. The average molecular weight is 604 g/mol. The van der Waals surface area contributed by atoms with Crippen LogP contribution < -0.4 is 20.7 Å². The molecule has 224 valence electrons. The largest absolute Gasteiger partial charge is 0.462 e. The van der Waals surface area contributed by atoms with Crippen LogP contribution in [-0.2, 0) is 9.53 Å². The number of nitrogens with two attached hydrogens (primary N) is 1. The van der Waals surface area contributed by atoms with Crippen molar-refractivity contribution in [2.24, 2.45) is 5.41 Å². The predicted octanol–water partition coefficient (Wildman–Crippen LogP) is 5.96. The van der Waals surface area contributed by atoms with Gasteiger partial charge in [0.25, 0.3) is 0 Å². The highest BCUT2D eigenvalue weighted by Crippen LogP contribution is 2.43. The summed E-state index contributed by atoms with van der Waals surface area (Å²) in [5.74, 6) is -0.338. The number of benzene rings is 2. The number of carbonyl (C=O) groups is 1. The van der Waals surface area contributed by atoms with E-state index >= 15 is 0 Å². The number of halogens is 4. The van der Waals surface area contributed by atoms with Gasteiger partial charge in [0.15, 0.2) is 0 Å². The molecule has 0 radical (unpaired) electrons. The van der Waals surface area contributed by atoms with Crippen LogP contribution in [0.1, 0.15) is 44.8 Å². The quantitative estimate of drug-likeness (QED) is 0.319. The Kier molecular flexibility index (Phi) is 8.52. The second kappa shape index (κ2) is 12.0. The Balaban J connectivity index is 1.35. The molecule has 2 fully saturated rings. The van der Waals surface area contributed by atoms with E-state index in [1.165, 1.54) is 24.3 Å². The highest BCUT2D eigenvalue weighted by Gasteiger charge is 2.46. The minimum atomic E-state index is -4.77. The van der Waals surface area contributed by atoms with Crippen molar-refractivity contribution in [2.45, 2.75) is 57.5 Å². The summed E-state index contributed by atoms with van der Waals surface area (Å²) in [7, 11) is 0. The van der Waals surface area contributed by atoms with E-state index in [0.29, 0.717) is 48.0 Å². The number of carbonyl (C=O) groups excluding carboxylic acids is 1. The van der Waals surface area contributed by atoms with Crippen LogP contribution in [0.4, 0.5) is 24.9 Å². The van der Waals surface area contributed by atoms with Crippen molar-refractivity contribution >= 4 is 29.3 Å². The van der Waals surface area contributed by atoms with Crippen molar-refractivity contribution in [3.8, 4) is 17.0 Å². The van der Waals surface area contributed by atoms with Crippen LogP contribution in [0, 0.1) is 5.41 Å². The summed E-state index contributed by atoms with van der Waals surface area (Å²) in [5.41, 5.74) is 6.65. The number of hydrogen-bond acceptors (Lipinski definition) is 8. The molecule has 12 heteroatoms. The zero-order valence-corrected chi connectivity index (χ0v) is 24.1. The van der Waals surface area contributed by atoms with E-state index in [0.717, 1.165) is 12.8 Å². The van der Waals surface area contributed by atoms with Gasteiger partial charge in [-0.2, -0.15) is 23.1 Å². The number of aromatic nitrogens is 2. The first-order chi connectivity index (χ1) is 19.9. The number of ether oxygens (including phenoxy) is 2. The van der Waals surface area contributed by atoms with Crippen LogP contribution in [0.5, 0.6) is 5.88 Å². The number of rotatable bonds is 7. The summed E-state index contributed by atoms with van der Waals surface area (Å²) in [6.45, 7) is 5.50. The number of nitrogen functional groups attached to an aromatic ring is 1. The zero-order chi connectivity index (χ0) is 30.1. The summed E-state index contributed by atoms with van der Waals surface area (Å²) in [6, 6.07) is 13.9. The third-order valence-electron chi connectivity index (χ3n) is 7.77. The Morgan fingerprint density at radius 1 is 1.12 bits per heavy atom. The van der Waals surface area contributed by atoms with Crippen molar-refractivity contribution < 1.29 is 27.4 Å². The number of esters is 1. The molecule has 3 heterocycles. The molecule has 3 aromatic rings. The lowest BCUT2D eigenvalue weighted by atomic mass is 9.76. The lowest BCUT2D eigenvalue weighted by molar-refractivity contribution is -0.198. The third-order valence-corrected chi connectivity index (χ3v) is 8.01. The Morgan fingerprint density at radius 2 is 1.83 bits per heavy atom. The Labute approximate surface area is 247 Å². The van der Waals surface area contributed by atoms with E-state index in [1.54, 1.807) is 30.3 Å². The molecule has 3 N–H and O–H groups in total. The van der Waals surface area contributed by atoms with Gasteiger partial charge in [-0.15, -0.1) is 0 Å². The lowest BCUT2D eigenvalue weighted by Crippen LogP contribution is -2.41. The fourth-order valence-electron chi connectivity index (χ4n) is 5.69. The monoisotopic (exact) mass is 603 g/mol. The van der Waals surface area contributed by atoms with Gasteiger partial charge in [-0.3, -0.25) is 4.79 Å². The molecule has 0 saturated carbocycles. The maximum absolute atomic E-state index is 14.5. The van der Waals surface area contributed by atoms with Gasteiger partial charge in [0, 0.05) is 36.3 Å². The summed E-state index contributed by atoms with van der Waals surface area (Å²) in [4.78, 5) is 22.6. The second-order valence-corrected chi connectivity index (χ2v) is 11.6. The molecule has 0 aliphatic carbocycles. The van der Waals surface area contributed by atoms with E-state index in [1.807, 2.05) is 18.7 Å². The fourth-order valence-corrected chi connectivity index (χ4v) is 5.87. The van der Waals surface area contributed by atoms with E-state index in [2.05, 4.69) is 15.3 Å². The van der Waals surface area contributed by atoms with Gasteiger partial charge in [-0.25, -0.2) is 0 Å². The molecule has 2 saturated heterocycles. The molecule has 2 aliphatic rings. The lowest BCUT2D eigenvalue weighted by Gasteiger charge is -2.39. The topological polar surface area (TPSA) is 103 Å². The molecule has 5 rings (SSSR count). The van der Waals surface area contributed by atoms with Gasteiger partial charge in [-0.05, 0) is 61.8 Å². The predicted molar refractivity (Wildman–Crippen MR) is 154 cm³/mol. The second-order valence-electron chi connectivity index (χ2n) is 11.2. The van der Waals surface area contributed by atoms with Crippen LogP contribution >= 0.6 is 11.6 Å². The van der Waals surface area contributed by atoms with Gasteiger partial charge in [0.2, 0.25) is 17.9 Å². The molecule has 1 aromatic heterocycles. The van der Waals surface area contributed by atoms with Crippen molar-refractivity contribution in [1.29, 1.82) is 0 Å². The van der Waals surface area contributed by atoms with Gasteiger partial charge >= 0.3 is 12.1 Å². The van der Waals surface area contributed by atoms with E-state index in [4.69, 9.17) is 26.8 Å². The van der Waals surface area contributed by atoms with Crippen LogP contribution in [0.3, 0.4) is 0 Å². The van der Waals surface area contributed by atoms with Crippen molar-refractivity contribution in [1.82, 2.24) is 15.3 Å². The molecule has 2 atom stereocenters. The normalized spacial score (nSPS) is 19.2. The first-order valence-electron chi connectivity index (χ1n) is 13.8. The summed E-state index contributed by atoms with van der Waals surface area (Å²) in [5, 5.41) is 3.59. The fraction of sp³-hybridized carbons (Fsp3) is 0.433. The van der Waals surface area contributed by atoms with Crippen molar-refractivity contribution in [2.75, 3.05) is 30.3 Å². The van der Waals surface area contributed by atoms with Crippen LogP contribution in [0.2, 0.25) is 5.02 Å². The number of piperidine rings is 1. The summed E-state index contributed by atoms with van der Waals surface area (Å²) < 4.78 is 54.4.